The molecule has 3 aromatic rings. The van der Waals surface area contributed by atoms with E-state index in [2.05, 4.69) is 26.2 Å². The number of pyridine rings is 1. The minimum Gasteiger partial charge on any atom is -0.389 e. The molecule has 3 rings (SSSR count). The van der Waals surface area contributed by atoms with E-state index < -0.39 is 0 Å². The van der Waals surface area contributed by atoms with Crippen LogP contribution in [0.2, 0.25) is 0 Å². The SMILES string of the molecule is NC(=S)c1ccc(Nc2cccc3cccnc23)c(Br)c1. The molecule has 0 radical (unpaired) electrons. The second-order valence-corrected chi connectivity index (χ2v) is 5.86. The Hall–Kier alpha value is -1.98. The average Bonchev–Trinajstić information content (AvgIpc) is 2.49. The summed E-state index contributed by atoms with van der Waals surface area (Å²) in [5.41, 5.74) is 9.30. The highest BCUT2D eigenvalue weighted by atomic mass is 79.9. The van der Waals surface area contributed by atoms with Crippen molar-refractivity contribution in [1.29, 1.82) is 0 Å². The highest BCUT2D eigenvalue weighted by molar-refractivity contribution is 9.10. The van der Waals surface area contributed by atoms with Gasteiger partial charge in [0.2, 0.25) is 0 Å². The zero-order valence-electron chi connectivity index (χ0n) is 11.0. The third-order valence-corrected chi connectivity index (χ3v) is 4.05. The third-order valence-electron chi connectivity index (χ3n) is 3.16. The minimum atomic E-state index is 0.383. The minimum absolute atomic E-state index is 0.383. The van der Waals surface area contributed by atoms with Crippen molar-refractivity contribution in [2.75, 3.05) is 5.32 Å². The van der Waals surface area contributed by atoms with E-state index in [0.29, 0.717) is 4.99 Å². The van der Waals surface area contributed by atoms with Crippen LogP contribution in [0.3, 0.4) is 0 Å². The molecule has 0 aliphatic rings. The maximum absolute atomic E-state index is 5.64. The number of fused-ring (bicyclic) bond motifs is 1. The smallest absolute Gasteiger partial charge is 0.104 e. The standard InChI is InChI=1S/C16H12BrN3S/c17-12-9-11(16(18)21)6-7-13(12)20-14-5-1-3-10-4-2-8-19-15(10)14/h1-9,20H,(H2,18,21). The zero-order valence-corrected chi connectivity index (χ0v) is 13.4. The van der Waals surface area contributed by atoms with E-state index in [1.54, 1.807) is 6.20 Å². The highest BCUT2D eigenvalue weighted by Crippen LogP contribution is 2.30. The summed E-state index contributed by atoms with van der Waals surface area (Å²) in [7, 11) is 0. The third kappa shape index (κ3) is 2.89. The lowest BCUT2D eigenvalue weighted by Gasteiger charge is -2.11. The van der Waals surface area contributed by atoms with Crippen LogP contribution in [-0.2, 0) is 0 Å². The number of halogens is 1. The number of rotatable bonds is 3. The Morgan fingerprint density at radius 2 is 1.90 bits per heavy atom. The molecule has 2 aromatic carbocycles. The van der Waals surface area contributed by atoms with Crippen LogP contribution in [0, 0.1) is 0 Å². The Balaban J connectivity index is 2.01. The van der Waals surface area contributed by atoms with Gasteiger partial charge < -0.3 is 11.1 Å². The van der Waals surface area contributed by atoms with Gasteiger partial charge in [-0.05, 0) is 46.3 Å². The molecule has 0 atom stereocenters. The fraction of sp³-hybridized carbons (Fsp3) is 0. The molecule has 0 amide bonds. The fourth-order valence-corrected chi connectivity index (χ4v) is 2.72. The number of benzene rings is 2. The van der Waals surface area contributed by atoms with E-state index in [1.807, 2.05) is 48.5 Å². The van der Waals surface area contributed by atoms with E-state index in [-0.39, 0.29) is 0 Å². The van der Waals surface area contributed by atoms with Crippen molar-refractivity contribution in [2.24, 2.45) is 5.73 Å². The number of thiocarbonyl (C=S) groups is 1. The monoisotopic (exact) mass is 357 g/mol. The molecule has 104 valence electrons. The van der Waals surface area contributed by atoms with Crippen LogP contribution in [-0.4, -0.2) is 9.97 Å². The normalized spacial score (nSPS) is 10.5. The lowest BCUT2D eigenvalue weighted by Crippen LogP contribution is -2.09. The topological polar surface area (TPSA) is 50.9 Å². The zero-order chi connectivity index (χ0) is 14.8. The fourth-order valence-electron chi connectivity index (χ4n) is 2.12. The maximum atomic E-state index is 5.64. The molecular weight excluding hydrogens is 346 g/mol. The summed E-state index contributed by atoms with van der Waals surface area (Å²) in [6.07, 6.45) is 1.79. The molecule has 0 fully saturated rings. The Labute approximate surface area is 136 Å². The summed E-state index contributed by atoms with van der Waals surface area (Å²) < 4.78 is 0.903. The molecule has 0 spiro atoms. The molecule has 0 aliphatic carbocycles. The van der Waals surface area contributed by atoms with E-state index in [4.69, 9.17) is 18.0 Å². The molecule has 3 N–H and O–H groups in total. The molecule has 1 heterocycles. The molecule has 5 heteroatoms. The van der Waals surface area contributed by atoms with Crippen molar-refractivity contribution in [3.8, 4) is 0 Å². The van der Waals surface area contributed by atoms with Crippen molar-refractivity contribution < 1.29 is 0 Å². The molecule has 1 aromatic heterocycles. The largest absolute Gasteiger partial charge is 0.389 e. The lowest BCUT2D eigenvalue weighted by atomic mass is 10.1. The molecule has 0 unspecified atom stereocenters. The van der Waals surface area contributed by atoms with Gasteiger partial charge in [-0.3, -0.25) is 4.98 Å². The van der Waals surface area contributed by atoms with E-state index in [0.717, 1.165) is 32.3 Å². The van der Waals surface area contributed by atoms with Crippen molar-refractivity contribution in [3.05, 3.63) is 64.8 Å². The van der Waals surface area contributed by atoms with Gasteiger partial charge in [0.1, 0.15) is 4.99 Å². The number of nitrogens with two attached hydrogens (primary N) is 1. The van der Waals surface area contributed by atoms with Gasteiger partial charge in [-0.25, -0.2) is 0 Å². The first-order valence-corrected chi connectivity index (χ1v) is 7.55. The number of nitrogens with zero attached hydrogens (tertiary/aromatic N) is 1. The van der Waals surface area contributed by atoms with E-state index in [9.17, 15) is 0 Å². The van der Waals surface area contributed by atoms with Gasteiger partial charge in [-0.1, -0.05) is 30.4 Å². The number of hydrogen-bond donors (Lipinski definition) is 2. The first kappa shape index (κ1) is 14.0. The second kappa shape index (κ2) is 5.79. The molecule has 21 heavy (non-hydrogen) atoms. The van der Waals surface area contributed by atoms with Gasteiger partial charge in [-0.2, -0.15) is 0 Å². The van der Waals surface area contributed by atoms with Gasteiger partial charge >= 0.3 is 0 Å². The summed E-state index contributed by atoms with van der Waals surface area (Å²) in [5.74, 6) is 0. The number of anilines is 2. The first-order valence-electron chi connectivity index (χ1n) is 6.35. The van der Waals surface area contributed by atoms with Crippen molar-refractivity contribution in [2.45, 2.75) is 0 Å². The van der Waals surface area contributed by atoms with Crippen LogP contribution in [0.15, 0.2) is 59.2 Å². The second-order valence-electron chi connectivity index (χ2n) is 4.56. The molecule has 0 saturated heterocycles. The Morgan fingerprint density at radius 3 is 2.67 bits per heavy atom. The number of para-hydroxylation sites is 1. The number of nitrogens with one attached hydrogen (secondary N) is 1. The van der Waals surface area contributed by atoms with Crippen LogP contribution < -0.4 is 11.1 Å². The molecule has 3 nitrogen and oxygen atoms in total. The number of aromatic nitrogens is 1. The lowest BCUT2D eigenvalue weighted by molar-refractivity contribution is 1.40. The van der Waals surface area contributed by atoms with Crippen molar-refractivity contribution in [1.82, 2.24) is 4.98 Å². The predicted molar refractivity (Wildman–Crippen MR) is 95.1 cm³/mol. The summed E-state index contributed by atoms with van der Waals surface area (Å²) >= 11 is 8.52. The van der Waals surface area contributed by atoms with Gasteiger partial charge in [0.05, 0.1) is 16.9 Å². The average molecular weight is 358 g/mol. The van der Waals surface area contributed by atoms with Gasteiger partial charge in [0.25, 0.3) is 0 Å². The van der Waals surface area contributed by atoms with Gasteiger partial charge in [-0.15, -0.1) is 0 Å². The maximum Gasteiger partial charge on any atom is 0.104 e. The van der Waals surface area contributed by atoms with E-state index >= 15 is 0 Å². The van der Waals surface area contributed by atoms with E-state index in [1.165, 1.54) is 0 Å². The summed E-state index contributed by atoms with van der Waals surface area (Å²) in [6, 6.07) is 15.8. The molecule has 0 bridgehead atoms. The molecular formula is C16H12BrN3S. The summed E-state index contributed by atoms with van der Waals surface area (Å²) in [5, 5.41) is 4.48. The predicted octanol–water partition coefficient (Wildman–Crippen LogP) is 4.38. The molecule has 0 saturated carbocycles. The van der Waals surface area contributed by atoms with Gasteiger partial charge in [0.15, 0.2) is 0 Å². The van der Waals surface area contributed by atoms with Crippen LogP contribution in [0.1, 0.15) is 5.56 Å². The summed E-state index contributed by atoms with van der Waals surface area (Å²) in [4.78, 5) is 4.82. The Kier molecular flexibility index (Phi) is 3.86. The highest BCUT2D eigenvalue weighted by Gasteiger charge is 2.06. The summed E-state index contributed by atoms with van der Waals surface area (Å²) in [6.45, 7) is 0. The van der Waals surface area contributed by atoms with Crippen LogP contribution in [0.25, 0.3) is 10.9 Å². The Morgan fingerprint density at radius 1 is 1.10 bits per heavy atom. The number of hydrogen-bond acceptors (Lipinski definition) is 3. The van der Waals surface area contributed by atoms with Gasteiger partial charge in [0, 0.05) is 21.6 Å². The Bertz CT molecular complexity index is 827. The first-order chi connectivity index (χ1) is 10.1. The van der Waals surface area contributed by atoms with Crippen LogP contribution >= 0.6 is 28.1 Å². The molecule has 0 aliphatic heterocycles. The van der Waals surface area contributed by atoms with Crippen molar-refractivity contribution >= 4 is 55.4 Å². The quantitative estimate of drug-likeness (QED) is 0.683. The van der Waals surface area contributed by atoms with Crippen LogP contribution in [0.4, 0.5) is 11.4 Å². The van der Waals surface area contributed by atoms with Crippen molar-refractivity contribution in [3.63, 3.8) is 0 Å². The van der Waals surface area contributed by atoms with Crippen LogP contribution in [0.5, 0.6) is 0 Å².